The van der Waals surface area contributed by atoms with E-state index < -0.39 is 18.0 Å². The summed E-state index contributed by atoms with van der Waals surface area (Å²) in [6, 6.07) is 13.6. The Bertz CT molecular complexity index is 734. The first-order valence-corrected chi connectivity index (χ1v) is 8.84. The second-order valence-corrected chi connectivity index (χ2v) is 6.55. The van der Waals surface area contributed by atoms with Crippen LogP contribution in [0, 0.1) is 12.7 Å². The summed E-state index contributed by atoms with van der Waals surface area (Å²) in [5, 5.41) is 2.66. The highest BCUT2D eigenvalue weighted by molar-refractivity contribution is 8.00. The highest BCUT2D eigenvalue weighted by atomic mass is 32.2. The highest BCUT2D eigenvalue weighted by Gasteiger charge is 2.17. The van der Waals surface area contributed by atoms with Crippen LogP contribution < -0.4 is 5.32 Å². The second kappa shape index (κ2) is 9.22. The number of esters is 1. The molecule has 0 aliphatic carbocycles. The van der Waals surface area contributed by atoms with Gasteiger partial charge < -0.3 is 10.1 Å². The molecule has 132 valence electrons. The summed E-state index contributed by atoms with van der Waals surface area (Å²) in [4.78, 5) is 24.9. The van der Waals surface area contributed by atoms with Gasteiger partial charge in [-0.1, -0.05) is 30.3 Å². The Morgan fingerprint density at radius 1 is 1.16 bits per heavy atom. The van der Waals surface area contributed by atoms with Gasteiger partial charge in [0.05, 0.1) is 5.75 Å². The number of carbonyl (C=O) groups excluding carboxylic acids is 2. The second-order valence-electron chi connectivity index (χ2n) is 5.53. The predicted octanol–water partition coefficient (Wildman–Crippen LogP) is 3.47. The van der Waals surface area contributed by atoms with Gasteiger partial charge >= 0.3 is 5.97 Å². The van der Waals surface area contributed by atoms with Crippen LogP contribution in [0.5, 0.6) is 0 Å². The normalized spacial score (nSPS) is 11.6. The molecule has 0 saturated carbocycles. The monoisotopic (exact) mass is 361 g/mol. The number of rotatable bonds is 7. The van der Waals surface area contributed by atoms with Crippen LogP contribution in [0.2, 0.25) is 0 Å². The molecule has 1 amide bonds. The third kappa shape index (κ3) is 6.23. The number of ether oxygens (including phenoxy) is 1. The molecule has 0 bridgehead atoms. The molecule has 1 N–H and O–H groups in total. The van der Waals surface area contributed by atoms with Crippen molar-refractivity contribution >= 4 is 23.6 Å². The molecule has 25 heavy (non-hydrogen) atoms. The van der Waals surface area contributed by atoms with Crippen LogP contribution in [-0.2, 0) is 20.9 Å². The van der Waals surface area contributed by atoms with E-state index in [-0.39, 0.29) is 18.1 Å². The van der Waals surface area contributed by atoms with Crippen molar-refractivity contribution in [1.82, 2.24) is 5.32 Å². The molecule has 0 aromatic heterocycles. The van der Waals surface area contributed by atoms with E-state index in [1.54, 1.807) is 12.1 Å². The zero-order chi connectivity index (χ0) is 18.2. The van der Waals surface area contributed by atoms with Crippen LogP contribution in [0.15, 0.2) is 53.4 Å². The van der Waals surface area contributed by atoms with E-state index in [2.05, 4.69) is 5.32 Å². The molecule has 0 fully saturated rings. The lowest BCUT2D eigenvalue weighted by molar-refractivity contribution is -0.152. The highest BCUT2D eigenvalue weighted by Crippen LogP contribution is 2.21. The van der Waals surface area contributed by atoms with Crippen molar-refractivity contribution in [2.45, 2.75) is 31.4 Å². The summed E-state index contributed by atoms with van der Waals surface area (Å²) < 4.78 is 18.0. The summed E-state index contributed by atoms with van der Waals surface area (Å²) in [5.41, 5.74) is 1.86. The van der Waals surface area contributed by atoms with Gasteiger partial charge in [-0.25, -0.2) is 4.39 Å². The third-order valence-electron chi connectivity index (χ3n) is 3.50. The van der Waals surface area contributed by atoms with Crippen LogP contribution in [0.3, 0.4) is 0 Å². The van der Waals surface area contributed by atoms with Gasteiger partial charge in [-0.2, -0.15) is 0 Å². The minimum absolute atomic E-state index is 0.139. The molecule has 4 nitrogen and oxygen atoms in total. The van der Waals surface area contributed by atoms with Crippen LogP contribution in [0.1, 0.15) is 18.1 Å². The van der Waals surface area contributed by atoms with Gasteiger partial charge in [-0.15, -0.1) is 11.8 Å². The summed E-state index contributed by atoms with van der Waals surface area (Å²) >= 11 is 1.38. The Morgan fingerprint density at radius 3 is 2.52 bits per heavy atom. The first-order valence-electron chi connectivity index (χ1n) is 7.86. The quantitative estimate of drug-likeness (QED) is 0.606. The van der Waals surface area contributed by atoms with E-state index in [0.29, 0.717) is 0 Å². The Kier molecular flexibility index (Phi) is 7.01. The molecule has 2 aromatic carbocycles. The van der Waals surface area contributed by atoms with Crippen LogP contribution >= 0.6 is 11.8 Å². The van der Waals surface area contributed by atoms with Crippen molar-refractivity contribution in [3.05, 3.63) is 65.5 Å². The van der Waals surface area contributed by atoms with Crippen LogP contribution in [-0.4, -0.2) is 23.7 Å². The van der Waals surface area contributed by atoms with Crippen molar-refractivity contribution in [1.29, 1.82) is 0 Å². The smallest absolute Gasteiger partial charge is 0.317 e. The van der Waals surface area contributed by atoms with Crippen molar-refractivity contribution in [2.75, 3.05) is 5.75 Å². The number of thioether (sulfide) groups is 1. The molecule has 0 heterocycles. The van der Waals surface area contributed by atoms with Crippen molar-refractivity contribution in [3.63, 3.8) is 0 Å². The van der Waals surface area contributed by atoms with E-state index in [1.165, 1.54) is 30.8 Å². The number of carbonyl (C=O) groups is 2. The molecule has 0 saturated heterocycles. The maximum Gasteiger partial charge on any atom is 0.317 e. The number of nitrogens with one attached hydrogen (secondary N) is 1. The largest absolute Gasteiger partial charge is 0.452 e. The maximum absolute atomic E-state index is 12.8. The van der Waals surface area contributed by atoms with Gasteiger partial charge in [0, 0.05) is 11.4 Å². The molecular formula is C19H20FNO3S. The first-order chi connectivity index (χ1) is 12.0. The zero-order valence-corrected chi connectivity index (χ0v) is 14.9. The summed E-state index contributed by atoms with van der Waals surface area (Å²) in [6.07, 6.45) is -0.884. The molecule has 6 heteroatoms. The van der Waals surface area contributed by atoms with Gasteiger partial charge in [-0.3, -0.25) is 9.59 Å². The Hall–Kier alpha value is -2.34. The molecule has 0 spiro atoms. The minimum Gasteiger partial charge on any atom is -0.452 e. The number of amides is 1. The molecule has 0 aliphatic rings. The average molecular weight is 361 g/mol. The molecule has 1 atom stereocenters. The predicted molar refractivity (Wildman–Crippen MR) is 95.7 cm³/mol. The Morgan fingerprint density at radius 2 is 1.84 bits per heavy atom. The van der Waals surface area contributed by atoms with E-state index in [9.17, 15) is 14.0 Å². The van der Waals surface area contributed by atoms with Crippen molar-refractivity contribution in [3.8, 4) is 0 Å². The fourth-order valence-corrected chi connectivity index (χ4v) is 2.89. The number of hydrogen-bond acceptors (Lipinski definition) is 4. The van der Waals surface area contributed by atoms with Gasteiger partial charge in [0.1, 0.15) is 5.82 Å². The lowest BCUT2D eigenvalue weighted by atomic mass is 10.2. The van der Waals surface area contributed by atoms with Gasteiger partial charge in [0.25, 0.3) is 5.91 Å². The standard InChI is InChI=1S/C19H20FNO3S/c1-13-5-3-4-6-17(13)25-12-18(22)24-14(2)19(23)21-11-15-7-9-16(20)10-8-15/h3-10,14H,11-12H2,1-2H3,(H,21,23)/t14-/m0/s1. The number of benzene rings is 2. The summed E-state index contributed by atoms with van der Waals surface area (Å²) in [7, 11) is 0. The fraction of sp³-hybridized carbons (Fsp3) is 0.263. The SMILES string of the molecule is Cc1ccccc1SCC(=O)O[C@@H](C)C(=O)NCc1ccc(F)cc1. The lowest BCUT2D eigenvalue weighted by Crippen LogP contribution is -2.35. The zero-order valence-electron chi connectivity index (χ0n) is 14.1. The van der Waals surface area contributed by atoms with Gasteiger partial charge in [-0.05, 0) is 43.2 Å². The molecule has 0 radical (unpaired) electrons. The van der Waals surface area contributed by atoms with E-state index in [1.807, 2.05) is 31.2 Å². The summed E-state index contributed by atoms with van der Waals surface area (Å²) in [6.45, 7) is 3.74. The molecule has 2 rings (SSSR count). The van der Waals surface area contributed by atoms with Crippen molar-refractivity contribution < 1.29 is 18.7 Å². The maximum atomic E-state index is 12.8. The number of aryl methyl sites for hydroxylation is 1. The molecular weight excluding hydrogens is 341 g/mol. The molecule has 0 unspecified atom stereocenters. The number of hydrogen-bond donors (Lipinski definition) is 1. The minimum atomic E-state index is -0.884. The third-order valence-corrected chi connectivity index (χ3v) is 4.65. The Labute approximate surface area is 150 Å². The van der Waals surface area contributed by atoms with Gasteiger partial charge in [0.2, 0.25) is 0 Å². The fourth-order valence-electron chi connectivity index (χ4n) is 2.07. The summed E-state index contributed by atoms with van der Waals surface area (Å²) in [5.74, 6) is -1.03. The average Bonchev–Trinajstić information content (AvgIpc) is 2.60. The van der Waals surface area contributed by atoms with Crippen LogP contribution in [0.4, 0.5) is 4.39 Å². The van der Waals surface area contributed by atoms with Gasteiger partial charge in [0.15, 0.2) is 6.10 Å². The van der Waals surface area contributed by atoms with Crippen molar-refractivity contribution in [2.24, 2.45) is 0 Å². The first kappa shape index (κ1) is 19.0. The topological polar surface area (TPSA) is 55.4 Å². The van der Waals surface area contributed by atoms with E-state index >= 15 is 0 Å². The van der Waals surface area contributed by atoms with E-state index in [4.69, 9.17) is 4.74 Å². The van der Waals surface area contributed by atoms with Crippen LogP contribution in [0.25, 0.3) is 0 Å². The van der Waals surface area contributed by atoms with E-state index in [0.717, 1.165) is 16.0 Å². The molecule has 0 aliphatic heterocycles. The lowest BCUT2D eigenvalue weighted by Gasteiger charge is -2.13. The Balaban J connectivity index is 1.75. The molecule has 2 aromatic rings. The number of halogens is 1.